The largest absolute Gasteiger partial charge is 0.481 e. The highest BCUT2D eigenvalue weighted by Crippen LogP contribution is 2.12. The van der Waals surface area contributed by atoms with Crippen LogP contribution in [-0.2, 0) is 33.6 Å². The van der Waals surface area contributed by atoms with E-state index in [0.29, 0.717) is 96.7 Å². The number of carboxylic acid groups (broad SMARTS) is 1. The Bertz CT molecular complexity index is 1350. The second kappa shape index (κ2) is 36.6. The Morgan fingerprint density at radius 2 is 0.600 bits per heavy atom. The molecule has 0 radical (unpaired) electrons. The molecule has 0 aliphatic carbocycles. The summed E-state index contributed by atoms with van der Waals surface area (Å²) in [6.07, 6.45) is 6.94. The molecule has 0 fully saturated rings. The van der Waals surface area contributed by atoms with E-state index >= 15 is 0 Å². The number of hydrogen-bond donors (Lipinski definition) is 8. The van der Waals surface area contributed by atoms with Gasteiger partial charge in [-0.2, -0.15) is 0 Å². The van der Waals surface area contributed by atoms with Gasteiger partial charge in [-0.15, -0.1) is 0 Å². The molecule has 0 atom stereocenters. The minimum atomic E-state index is -0.833. The molecule has 0 unspecified atom stereocenters. The number of aliphatic carboxylic acids is 1. The Labute approximate surface area is 354 Å². The number of benzene rings is 1. The second-order valence-electron chi connectivity index (χ2n) is 13.9. The van der Waals surface area contributed by atoms with Crippen molar-refractivity contribution in [2.75, 3.05) is 46.3 Å². The van der Waals surface area contributed by atoms with E-state index in [4.69, 9.17) is 9.90 Å². The van der Waals surface area contributed by atoms with E-state index in [2.05, 4.69) is 37.6 Å². The van der Waals surface area contributed by atoms with Crippen LogP contribution in [0.4, 0.5) is 0 Å². The van der Waals surface area contributed by atoms with Crippen molar-refractivity contribution in [1.82, 2.24) is 31.9 Å². The van der Waals surface area contributed by atoms with Crippen LogP contribution in [0, 0.1) is 0 Å². The molecule has 60 heavy (non-hydrogen) atoms. The molecule has 18 nitrogen and oxygen atoms in total. The number of hydrogen-bond acceptors (Lipinski definition) is 11. The van der Waals surface area contributed by atoms with E-state index in [0.717, 1.165) is 6.92 Å². The topological polar surface area (TPSA) is 289 Å². The molecule has 1 aromatic rings. The third-order valence-corrected chi connectivity index (χ3v) is 8.15. The number of carbonyl (C=O) groups is 10. The number of nitrogens with two attached hydrogens (primary N) is 1. The normalized spacial score (nSPS) is 9.97. The van der Waals surface area contributed by atoms with Gasteiger partial charge in [0.25, 0.3) is 23.7 Å². The molecule has 0 saturated carbocycles. The summed E-state index contributed by atoms with van der Waals surface area (Å²) in [4.78, 5) is 117. The highest BCUT2D eigenvalue weighted by molar-refractivity contribution is 6.04. The average molecular weight is 848 g/mol. The molecule has 0 aliphatic rings. The predicted molar refractivity (Wildman–Crippen MR) is 227 cm³/mol. The molecule has 338 valence electrons. The lowest BCUT2D eigenvalue weighted by atomic mass is 10.0. The summed E-state index contributed by atoms with van der Waals surface area (Å²) in [7, 11) is 1.50. The number of unbranched alkanes of at least 4 members (excludes halogenated alkanes) is 3. The summed E-state index contributed by atoms with van der Waals surface area (Å²) in [5.74, 6) is -2.49. The zero-order valence-electron chi connectivity index (χ0n) is 36.2. The van der Waals surface area contributed by atoms with Crippen LogP contribution in [0.3, 0.4) is 0 Å². The van der Waals surface area contributed by atoms with Gasteiger partial charge in [0, 0.05) is 101 Å². The van der Waals surface area contributed by atoms with Crippen molar-refractivity contribution in [2.45, 2.75) is 124 Å². The van der Waals surface area contributed by atoms with Crippen molar-refractivity contribution in [3.8, 4) is 0 Å². The van der Waals surface area contributed by atoms with Gasteiger partial charge in [-0.3, -0.25) is 33.6 Å². The van der Waals surface area contributed by atoms with E-state index in [9.17, 15) is 43.2 Å². The van der Waals surface area contributed by atoms with Crippen molar-refractivity contribution in [3.63, 3.8) is 0 Å². The number of rotatable bonds is 30. The third-order valence-electron chi connectivity index (χ3n) is 8.15. The van der Waals surface area contributed by atoms with E-state index < -0.39 is 23.7 Å². The molecule has 1 aromatic carbocycles. The van der Waals surface area contributed by atoms with Crippen LogP contribution in [-0.4, -0.2) is 110 Å². The summed E-state index contributed by atoms with van der Waals surface area (Å²) in [5, 5.41) is 24.0. The molecule has 0 spiro atoms. The molecule has 6 amide bonds. The molecule has 0 aliphatic heterocycles. The summed E-state index contributed by atoms with van der Waals surface area (Å²) in [6.45, 7) is 7.68. The lowest BCUT2D eigenvalue weighted by Gasteiger charge is -2.12. The van der Waals surface area contributed by atoms with Crippen LogP contribution in [0.2, 0.25) is 0 Å². The lowest BCUT2D eigenvalue weighted by Crippen LogP contribution is -2.30. The first-order valence-electron chi connectivity index (χ1n) is 20.6. The van der Waals surface area contributed by atoms with Gasteiger partial charge >= 0.3 is 0 Å². The maximum Gasteiger partial charge on any atom is 0.300 e. The van der Waals surface area contributed by atoms with Crippen LogP contribution >= 0.6 is 0 Å². The number of Topliss-reactive ketones (excluding diaryl/α,β-unsaturated/α-hetero) is 3. The van der Waals surface area contributed by atoms with Gasteiger partial charge in [-0.05, 0) is 104 Å². The summed E-state index contributed by atoms with van der Waals surface area (Å²) < 4.78 is 0. The monoisotopic (exact) mass is 848 g/mol. The minimum absolute atomic E-state index is 0.0697. The Morgan fingerprint density at radius 3 is 0.817 bits per heavy atom. The van der Waals surface area contributed by atoms with Gasteiger partial charge in [0.1, 0.15) is 17.3 Å². The highest BCUT2D eigenvalue weighted by atomic mass is 16.4. The first kappa shape index (κ1) is 56.6. The summed E-state index contributed by atoms with van der Waals surface area (Å²) >= 11 is 0. The van der Waals surface area contributed by atoms with E-state index in [1.165, 1.54) is 46.0 Å². The molecular weight excluding hydrogens is 778 g/mol. The van der Waals surface area contributed by atoms with E-state index in [1.54, 1.807) is 0 Å². The standard InChI is InChI=1S/C39H60N6O9.C2H4O2.CH5N/c1-28(46)13-10-22-40-34(49)16-4-7-19-43-37(52)31-25-32(38(53)44-20-8-5-17-35(50)41-23-11-14-29(2)47)27-33(26-31)39(54)45-21-9-6-18-36(51)42-24-12-15-30(3)48;1-2(3)4;1-2/h25-27H,4-24H2,1-3H3,(H,40,49)(H,41,50)(H,42,51)(H,43,52)(H,44,53)(H,45,54);1H3,(H,3,4);2H2,1H3. The molecule has 0 aromatic heterocycles. The van der Waals surface area contributed by atoms with Crippen molar-refractivity contribution in [3.05, 3.63) is 34.9 Å². The molecule has 0 bridgehead atoms. The number of amides is 6. The molecule has 1 rings (SSSR count). The molecule has 9 N–H and O–H groups in total. The predicted octanol–water partition coefficient (Wildman–Crippen LogP) is 2.51. The number of nitrogens with one attached hydrogen (secondary N) is 6. The van der Waals surface area contributed by atoms with Crippen molar-refractivity contribution in [1.29, 1.82) is 0 Å². The Balaban J connectivity index is 0. The maximum atomic E-state index is 13.1. The van der Waals surface area contributed by atoms with Crippen LogP contribution in [0.1, 0.15) is 155 Å². The Morgan fingerprint density at radius 1 is 0.383 bits per heavy atom. The van der Waals surface area contributed by atoms with Crippen molar-refractivity contribution < 1.29 is 53.1 Å². The van der Waals surface area contributed by atoms with Gasteiger partial charge in [-0.25, -0.2) is 0 Å². The van der Waals surface area contributed by atoms with E-state index in [-0.39, 0.29) is 90.7 Å². The fraction of sp³-hybridized carbons (Fsp3) is 0.619. The smallest absolute Gasteiger partial charge is 0.300 e. The molecular formula is C42H69N7O11. The Hall–Kier alpha value is -5.52. The van der Waals surface area contributed by atoms with Gasteiger partial charge in [0.2, 0.25) is 17.7 Å². The second-order valence-corrected chi connectivity index (χ2v) is 13.9. The van der Waals surface area contributed by atoms with Crippen LogP contribution in [0.25, 0.3) is 0 Å². The zero-order valence-corrected chi connectivity index (χ0v) is 36.2. The van der Waals surface area contributed by atoms with Gasteiger partial charge < -0.3 is 57.1 Å². The zero-order chi connectivity index (χ0) is 45.7. The van der Waals surface area contributed by atoms with Crippen LogP contribution < -0.4 is 37.6 Å². The summed E-state index contributed by atoms with van der Waals surface area (Å²) in [5.41, 5.74) is 4.83. The summed E-state index contributed by atoms with van der Waals surface area (Å²) in [6, 6.07) is 4.21. The lowest BCUT2D eigenvalue weighted by molar-refractivity contribution is -0.134. The number of carboxylic acids is 1. The third kappa shape index (κ3) is 34.5. The van der Waals surface area contributed by atoms with Crippen molar-refractivity contribution >= 4 is 58.8 Å². The number of ketones is 3. The first-order valence-corrected chi connectivity index (χ1v) is 20.6. The highest BCUT2D eigenvalue weighted by Gasteiger charge is 2.17. The molecule has 18 heteroatoms. The van der Waals surface area contributed by atoms with Crippen LogP contribution in [0.5, 0.6) is 0 Å². The van der Waals surface area contributed by atoms with E-state index in [1.807, 2.05) is 0 Å². The maximum absolute atomic E-state index is 13.1. The number of carbonyl (C=O) groups excluding carboxylic acids is 9. The molecule has 0 saturated heterocycles. The fourth-order valence-electron chi connectivity index (χ4n) is 5.13. The Kier molecular flexibility index (Phi) is 34.5. The van der Waals surface area contributed by atoms with Gasteiger partial charge in [-0.1, -0.05) is 0 Å². The average Bonchev–Trinajstić information content (AvgIpc) is 3.19. The minimum Gasteiger partial charge on any atom is -0.481 e. The SMILES string of the molecule is CC(=O)CCCNC(=O)CCCCNC(=O)c1cc(C(=O)NCCCCC(=O)NCCCC(C)=O)cc(C(=O)NCCCCC(=O)NCCCC(C)=O)c1.CC(=O)O.CN. The van der Waals surface area contributed by atoms with Gasteiger partial charge in [0.15, 0.2) is 0 Å². The van der Waals surface area contributed by atoms with Crippen LogP contribution in [0.15, 0.2) is 18.2 Å². The molecule has 0 heterocycles. The fourth-order valence-corrected chi connectivity index (χ4v) is 5.13. The quantitative estimate of drug-likeness (QED) is 0.0519. The van der Waals surface area contributed by atoms with Gasteiger partial charge in [0.05, 0.1) is 0 Å². The first-order chi connectivity index (χ1) is 28.5. The van der Waals surface area contributed by atoms with Crippen molar-refractivity contribution in [2.24, 2.45) is 5.73 Å².